The predicted octanol–water partition coefficient (Wildman–Crippen LogP) is 0.583. The average molecular weight is 94.1 g/mol. The molecule has 0 bridgehead atoms. The third-order valence-corrected chi connectivity index (χ3v) is 0.813. The normalized spacial score (nSPS) is 8.00. The molecule has 0 atom stereocenters. The van der Waals surface area contributed by atoms with E-state index in [2.05, 4.69) is 0 Å². The Balaban J connectivity index is 0. The first-order chi connectivity index (χ1) is 2.64. The molecule has 0 radical (unpaired) electrons. The van der Waals surface area contributed by atoms with Crippen molar-refractivity contribution in [2.75, 3.05) is 0 Å². The molecule has 0 aromatic rings. The van der Waals surface area contributed by atoms with Crippen molar-refractivity contribution in [1.29, 1.82) is 0 Å². The molecule has 1 nitrogen and oxygen atoms in total. The molecule has 0 rings (SSSR count). The van der Waals surface area contributed by atoms with Gasteiger partial charge in [0.25, 0.3) is 0 Å². The molecule has 0 aliphatic heterocycles. The molecule has 0 aliphatic rings. The fraction of sp³-hybridized carbons (Fsp3) is 0.800. The van der Waals surface area contributed by atoms with Crippen molar-refractivity contribution in [3.8, 4) is 0 Å². The van der Waals surface area contributed by atoms with Gasteiger partial charge in [-0.05, 0) is 6.92 Å². The number of carbonyl (C=O) groups excluding carboxylic acids is 1. The Bertz CT molecular complexity index is 59.1. The van der Waals surface area contributed by atoms with E-state index in [-0.39, 0.29) is 30.6 Å². The second-order valence-corrected chi connectivity index (χ2v) is 1.77. The molecule has 0 saturated heterocycles. The maximum absolute atomic E-state index is 10.1. The van der Waals surface area contributed by atoms with E-state index < -0.39 is 0 Å². The first-order valence-electron chi connectivity index (χ1n) is 2.15. The molecule has 0 spiro atoms. The molecule has 0 fully saturated rings. The zero-order valence-corrected chi connectivity index (χ0v) is 4.49. The first-order valence-corrected chi connectivity index (χ1v) is 2.15. The number of rotatable bonds is 1. The van der Waals surface area contributed by atoms with Crippen molar-refractivity contribution in [2.45, 2.75) is 20.8 Å². The van der Waals surface area contributed by atoms with Crippen LogP contribution in [0.1, 0.15) is 20.8 Å². The van der Waals surface area contributed by atoms with Gasteiger partial charge in [-0.1, -0.05) is 13.8 Å². The van der Waals surface area contributed by atoms with Crippen molar-refractivity contribution in [2.24, 2.45) is 5.92 Å². The van der Waals surface area contributed by atoms with Crippen LogP contribution in [0.5, 0.6) is 0 Å². The summed E-state index contributed by atoms with van der Waals surface area (Å²) >= 11 is 0. The molecular formula is C5H11LiO. The van der Waals surface area contributed by atoms with Gasteiger partial charge in [-0.25, -0.2) is 0 Å². The molecule has 0 heterocycles. The predicted molar refractivity (Wildman–Crippen MR) is 32.7 cm³/mol. The third kappa shape index (κ3) is 6.27. The Morgan fingerprint density at radius 2 is 1.57 bits per heavy atom. The van der Waals surface area contributed by atoms with Crippen LogP contribution in [0.25, 0.3) is 0 Å². The molecular weight excluding hydrogens is 83.0 g/mol. The Morgan fingerprint density at radius 3 is 1.57 bits per heavy atom. The van der Waals surface area contributed by atoms with Crippen LogP contribution >= 0.6 is 0 Å². The summed E-state index contributed by atoms with van der Waals surface area (Å²) in [5, 5.41) is 0. The van der Waals surface area contributed by atoms with Gasteiger partial charge in [0, 0.05) is 5.92 Å². The fourth-order valence-electron chi connectivity index (χ4n) is 0. The number of ketones is 1. The van der Waals surface area contributed by atoms with Gasteiger partial charge in [-0.15, -0.1) is 0 Å². The second kappa shape index (κ2) is 4.43. The SMILES string of the molecule is CC(=O)C(C)C.[LiH]. The van der Waals surface area contributed by atoms with Crippen molar-refractivity contribution in [1.82, 2.24) is 0 Å². The second-order valence-electron chi connectivity index (χ2n) is 1.77. The molecule has 0 saturated carbocycles. The average Bonchev–Trinajstić information content (AvgIpc) is 1.36. The topological polar surface area (TPSA) is 17.1 Å². The van der Waals surface area contributed by atoms with Crippen molar-refractivity contribution in [3.63, 3.8) is 0 Å². The number of carbonyl (C=O) groups is 1. The van der Waals surface area contributed by atoms with Gasteiger partial charge in [0.05, 0.1) is 0 Å². The van der Waals surface area contributed by atoms with Gasteiger partial charge in [0.15, 0.2) is 0 Å². The summed E-state index contributed by atoms with van der Waals surface area (Å²) in [4.78, 5) is 10.1. The molecule has 7 heavy (non-hydrogen) atoms. The summed E-state index contributed by atoms with van der Waals surface area (Å²) in [7, 11) is 0. The number of hydrogen-bond acceptors (Lipinski definition) is 1. The Labute approximate surface area is 56.7 Å². The zero-order valence-electron chi connectivity index (χ0n) is 4.49. The van der Waals surface area contributed by atoms with E-state index in [0.29, 0.717) is 0 Å². The van der Waals surface area contributed by atoms with Crippen LogP contribution in [0.15, 0.2) is 0 Å². The quantitative estimate of drug-likeness (QED) is 0.434. The summed E-state index contributed by atoms with van der Waals surface area (Å²) in [6.45, 7) is 5.38. The summed E-state index contributed by atoms with van der Waals surface area (Å²) in [5.74, 6) is 0.472. The van der Waals surface area contributed by atoms with E-state index in [4.69, 9.17) is 0 Å². The molecule has 0 aromatic carbocycles. The molecule has 0 amide bonds. The summed E-state index contributed by atoms with van der Waals surface area (Å²) in [6.07, 6.45) is 0. The van der Waals surface area contributed by atoms with Crippen LogP contribution in [0.3, 0.4) is 0 Å². The Hall–Kier alpha value is 0.267. The van der Waals surface area contributed by atoms with Gasteiger partial charge in [0.1, 0.15) is 5.78 Å². The van der Waals surface area contributed by atoms with E-state index in [0.717, 1.165) is 0 Å². The van der Waals surface area contributed by atoms with Crippen LogP contribution in [0, 0.1) is 5.92 Å². The van der Waals surface area contributed by atoms with E-state index >= 15 is 0 Å². The van der Waals surface area contributed by atoms with Crippen molar-refractivity contribution < 1.29 is 4.79 Å². The van der Waals surface area contributed by atoms with E-state index in [1.807, 2.05) is 13.8 Å². The molecule has 0 unspecified atom stereocenters. The molecule has 0 N–H and O–H groups in total. The van der Waals surface area contributed by atoms with E-state index in [9.17, 15) is 4.79 Å². The summed E-state index contributed by atoms with van der Waals surface area (Å²) in [6, 6.07) is 0. The van der Waals surface area contributed by atoms with E-state index in [1.54, 1.807) is 6.92 Å². The van der Waals surface area contributed by atoms with Crippen LogP contribution in [-0.4, -0.2) is 24.6 Å². The monoisotopic (exact) mass is 94.1 g/mol. The van der Waals surface area contributed by atoms with Crippen molar-refractivity contribution >= 4 is 24.6 Å². The minimum atomic E-state index is 0. The van der Waals surface area contributed by atoms with Gasteiger partial charge in [0.2, 0.25) is 0 Å². The number of hydrogen-bond donors (Lipinski definition) is 0. The summed E-state index contributed by atoms with van der Waals surface area (Å²) < 4.78 is 0. The first kappa shape index (κ1) is 10.3. The zero-order chi connectivity index (χ0) is 5.15. The maximum atomic E-state index is 10.1. The molecule has 0 aliphatic carbocycles. The number of Topliss-reactive ketones (excluding diaryl/α,β-unsaturated/α-hetero) is 1. The van der Waals surface area contributed by atoms with Crippen LogP contribution in [0.2, 0.25) is 0 Å². The van der Waals surface area contributed by atoms with Crippen LogP contribution < -0.4 is 0 Å². The van der Waals surface area contributed by atoms with Gasteiger partial charge >= 0.3 is 18.9 Å². The molecule has 0 aromatic heterocycles. The van der Waals surface area contributed by atoms with Crippen molar-refractivity contribution in [3.05, 3.63) is 0 Å². The Kier molecular flexibility index (Phi) is 6.51. The van der Waals surface area contributed by atoms with Gasteiger partial charge < -0.3 is 0 Å². The fourth-order valence-corrected chi connectivity index (χ4v) is 0. The standard InChI is InChI=1S/C5H10O.Li.H/c1-4(2)5(3)6;;/h4H,1-3H3;;. The Morgan fingerprint density at radius 1 is 1.43 bits per heavy atom. The minimum absolute atomic E-state index is 0. The molecule has 2 heteroatoms. The van der Waals surface area contributed by atoms with Gasteiger partial charge in [-0.2, -0.15) is 0 Å². The van der Waals surface area contributed by atoms with Crippen LogP contribution in [-0.2, 0) is 4.79 Å². The van der Waals surface area contributed by atoms with E-state index in [1.165, 1.54) is 0 Å². The summed E-state index contributed by atoms with van der Waals surface area (Å²) in [5.41, 5.74) is 0. The molecule has 38 valence electrons. The van der Waals surface area contributed by atoms with Crippen LogP contribution in [0.4, 0.5) is 0 Å². The van der Waals surface area contributed by atoms with Gasteiger partial charge in [-0.3, -0.25) is 4.79 Å². The third-order valence-electron chi connectivity index (χ3n) is 0.813.